The summed E-state index contributed by atoms with van der Waals surface area (Å²) in [5.41, 5.74) is 16.2. The van der Waals surface area contributed by atoms with Crippen molar-refractivity contribution >= 4 is 89.3 Å². The van der Waals surface area contributed by atoms with E-state index in [2.05, 4.69) is 183 Å². The van der Waals surface area contributed by atoms with Gasteiger partial charge in [0.25, 0.3) is 0 Å². The maximum atomic E-state index is 5.74. The molecule has 3 aromatic heterocycles. The number of allylic oxidation sites excluding steroid dienone is 19. The molecule has 5 aromatic carbocycles. The monoisotopic (exact) mass is 1080 g/mol. The van der Waals surface area contributed by atoms with Crippen LogP contribution in [-0.2, 0) is 0 Å². The fourth-order valence-corrected chi connectivity index (χ4v) is 11.9. The highest BCUT2D eigenvalue weighted by Crippen LogP contribution is 2.49. The molecule has 0 aliphatic heterocycles. The normalized spacial score (nSPS) is 13.2. The summed E-state index contributed by atoms with van der Waals surface area (Å²) in [6.07, 6.45) is 36.1. The molecule has 0 unspecified atom stereocenters. The van der Waals surface area contributed by atoms with Gasteiger partial charge in [-0.25, -0.2) is 9.97 Å². The smallest absolute Gasteiger partial charge is 0.116 e. The van der Waals surface area contributed by atoms with Crippen molar-refractivity contribution < 1.29 is 0 Å². The minimum absolute atomic E-state index is 0.728. The second kappa shape index (κ2) is 27.5. The topological polar surface area (TPSA) is 58.0 Å². The molecule has 0 aliphatic carbocycles. The van der Waals surface area contributed by atoms with Gasteiger partial charge in [0.15, 0.2) is 0 Å². The minimum Gasteiger partial charge on any atom is -0.311 e. The molecule has 9 heteroatoms. The van der Waals surface area contributed by atoms with E-state index >= 15 is 0 Å². The molecule has 0 aliphatic rings. The van der Waals surface area contributed by atoms with E-state index in [0.29, 0.717) is 0 Å². The maximum Gasteiger partial charge on any atom is 0.116 e. The molecule has 0 N–H and O–H groups in total. The molecular formula is C70H64N6S3. The van der Waals surface area contributed by atoms with E-state index in [1.807, 2.05) is 113 Å². The number of thioether (sulfide) groups is 1. The molecule has 0 bridgehead atoms. The molecule has 6 nitrogen and oxygen atoms in total. The molecule has 0 atom stereocenters. The molecule has 8 rings (SSSR count). The van der Waals surface area contributed by atoms with Crippen LogP contribution in [0.15, 0.2) is 274 Å². The van der Waals surface area contributed by atoms with Crippen LogP contribution in [0.5, 0.6) is 0 Å². The molecule has 0 saturated heterocycles. The Morgan fingerprint density at radius 1 is 0.506 bits per heavy atom. The Hall–Kier alpha value is -8.73. The zero-order chi connectivity index (χ0) is 55.7. The number of thiophene rings is 1. The molecule has 3 heterocycles. The van der Waals surface area contributed by atoms with Gasteiger partial charge < -0.3 is 9.80 Å². The molecule has 79 heavy (non-hydrogen) atoms. The van der Waals surface area contributed by atoms with Gasteiger partial charge in [-0.2, -0.15) is 8.75 Å². The summed E-state index contributed by atoms with van der Waals surface area (Å²) in [6, 6.07) is 42.5. The maximum absolute atomic E-state index is 5.74. The summed E-state index contributed by atoms with van der Waals surface area (Å²) in [4.78, 5) is 20.0. The first kappa shape index (κ1) is 56.5. The number of benzene rings is 5. The first-order valence-corrected chi connectivity index (χ1v) is 28.5. The zero-order valence-electron chi connectivity index (χ0n) is 45.7. The largest absolute Gasteiger partial charge is 0.311 e. The van der Waals surface area contributed by atoms with Gasteiger partial charge in [0.2, 0.25) is 0 Å². The van der Waals surface area contributed by atoms with Crippen molar-refractivity contribution in [1.29, 1.82) is 0 Å². The van der Waals surface area contributed by atoms with E-state index in [4.69, 9.17) is 18.7 Å². The summed E-state index contributed by atoms with van der Waals surface area (Å²) in [7, 11) is 0. The molecule has 0 amide bonds. The predicted molar refractivity (Wildman–Crippen MR) is 349 cm³/mol. The number of rotatable bonds is 22. The molecule has 0 spiro atoms. The van der Waals surface area contributed by atoms with Crippen molar-refractivity contribution in [2.75, 3.05) is 9.80 Å². The molecule has 0 radical (unpaired) electrons. The lowest BCUT2D eigenvalue weighted by molar-refractivity contribution is 1.14. The fraction of sp³-hybridized carbons (Fsp3) is 0.0857. The standard InChI is InChI=1S/C70H64N6S3/c1-11-21-36-53(18-8)75(54(30-14-4)31-15-5)57-43-39-49(40-44-57)59(19-9)77-60(20-10)63-67-68(72-66(52-34-24-22-25-35-52)65(71-67)51(28-12-2)29-13-3)64(70-69(63)73-79-74-70)62-48-47-61(78-62)50-41-45-58(46-42-50)76(55(32-16-6)33-17-7)56-37-26-23-27-38-56/h11-48H,2,4,6,8H2,1,3,5,7,9-10H3/b21-11-,29-13-,31-15-,33-17-,51-28+,53-36+,54-30+,55-32+,59-19-,60-20-. The summed E-state index contributed by atoms with van der Waals surface area (Å²) in [5, 5.41) is 0. The van der Waals surface area contributed by atoms with Crippen LogP contribution in [0.1, 0.15) is 58.4 Å². The number of anilines is 3. The van der Waals surface area contributed by atoms with E-state index in [1.54, 1.807) is 35.3 Å². The van der Waals surface area contributed by atoms with E-state index in [0.717, 1.165) is 121 Å². The van der Waals surface area contributed by atoms with Gasteiger partial charge in [-0.05, 0) is 138 Å². The average Bonchev–Trinajstić information content (AvgIpc) is 4.40. The number of fused-ring (bicyclic) bond motifs is 2. The number of hydrogen-bond acceptors (Lipinski definition) is 9. The third-order valence-electron chi connectivity index (χ3n) is 12.7. The van der Waals surface area contributed by atoms with Crippen LogP contribution in [0, 0.1) is 0 Å². The predicted octanol–water partition coefficient (Wildman–Crippen LogP) is 20.9. The van der Waals surface area contributed by atoms with Crippen molar-refractivity contribution in [3.05, 3.63) is 291 Å². The van der Waals surface area contributed by atoms with Crippen LogP contribution in [0.4, 0.5) is 17.1 Å². The lowest BCUT2D eigenvalue weighted by Gasteiger charge is -2.27. The Morgan fingerprint density at radius 2 is 1.11 bits per heavy atom. The van der Waals surface area contributed by atoms with Crippen molar-refractivity contribution in [3.63, 3.8) is 0 Å². The molecular weight excluding hydrogens is 1020 g/mol. The van der Waals surface area contributed by atoms with E-state index in [1.165, 1.54) is 11.7 Å². The third-order valence-corrected chi connectivity index (χ3v) is 15.7. The average molecular weight is 1090 g/mol. The first-order valence-electron chi connectivity index (χ1n) is 26.1. The summed E-state index contributed by atoms with van der Waals surface area (Å²) < 4.78 is 10.2. The van der Waals surface area contributed by atoms with E-state index in [9.17, 15) is 0 Å². The lowest BCUT2D eigenvalue weighted by Crippen LogP contribution is -2.19. The highest BCUT2D eigenvalue weighted by Gasteiger charge is 2.28. The van der Waals surface area contributed by atoms with Gasteiger partial charge in [0.1, 0.15) is 22.1 Å². The Labute approximate surface area is 479 Å². The summed E-state index contributed by atoms with van der Waals surface area (Å²) in [5.74, 6) is 0. The zero-order valence-corrected chi connectivity index (χ0v) is 48.1. The summed E-state index contributed by atoms with van der Waals surface area (Å²) >= 11 is 4.60. The minimum atomic E-state index is 0.728. The van der Waals surface area contributed by atoms with Crippen molar-refractivity contribution in [3.8, 4) is 32.1 Å². The Bertz CT molecular complexity index is 3820. The Kier molecular flexibility index (Phi) is 19.7. The second-order valence-corrected chi connectivity index (χ2v) is 20.4. The van der Waals surface area contributed by atoms with Crippen molar-refractivity contribution in [1.82, 2.24) is 18.7 Å². The number of nitrogens with zero attached hydrogens (tertiary/aromatic N) is 6. The van der Waals surface area contributed by atoms with Crippen molar-refractivity contribution in [2.24, 2.45) is 0 Å². The highest BCUT2D eigenvalue weighted by atomic mass is 32.2. The molecule has 0 fully saturated rings. The summed E-state index contributed by atoms with van der Waals surface area (Å²) in [6.45, 7) is 28.5. The van der Waals surface area contributed by atoms with Gasteiger partial charge in [0, 0.05) is 76.0 Å². The molecule has 8 aromatic rings. The lowest BCUT2D eigenvalue weighted by atomic mass is 9.99. The number of para-hydroxylation sites is 1. The van der Waals surface area contributed by atoms with Crippen LogP contribution in [0.2, 0.25) is 0 Å². The first-order chi connectivity index (χ1) is 38.8. The Balaban J connectivity index is 1.29. The SMILES string of the molecule is C=C/C=C(\C=C/C)c1nc2c(/C(=C/C)S/C(=C\C)c3ccc(N(/C(C=C)=C/C=C\C)C(/C=C\C)=C/C=C)cc3)c3nsnc3c(-c3ccc(-c4ccc(N(C(/C=C\C)=C/C=C)c5ccccc5)cc4)s3)c2nc1-c1ccccc1. The number of aromatic nitrogens is 4. The van der Waals surface area contributed by atoms with Gasteiger partial charge >= 0.3 is 0 Å². The van der Waals surface area contributed by atoms with Gasteiger partial charge in [0.05, 0.1) is 23.1 Å². The van der Waals surface area contributed by atoms with E-state index < -0.39 is 0 Å². The van der Waals surface area contributed by atoms with Crippen LogP contribution in [0.25, 0.3) is 69.6 Å². The van der Waals surface area contributed by atoms with Crippen LogP contribution in [0.3, 0.4) is 0 Å². The quantitative estimate of drug-likeness (QED) is 0.0627. The second-order valence-electron chi connectivity index (χ2n) is 17.7. The fourth-order valence-electron chi connectivity index (χ4n) is 9.24. The van der Waals surface area contributed by atoms with Gasteiger partial charge in [-0.15, -0.1) is 11.3 Å². The van der Waals surface area contributed by atoms with Crippen LogP contribution >= 0.6 is 34.8 Å². The van der Waals surface area contributed by atoms with Crippen molar-refractivity contribution in [2.45, 2.75) is 41.5 Å². The van der Waals surface area contributed by atoms with Crippen LogP contribution in [-0.4, -0.2) is 18.7 Å². The number of hydrogen-bond donors (Lipinski definition) is 0. The highest BCUT2D eigenvalue weighted by molar-refractivity contribution is 8.16. The van der Waals surface area contributed by atoms with Gasteiger partial charge in [-0.3, -0.25) is 0 Å². The van der Waals surface area contributed by atoms with E-state index in [-0.39, 0.29) is 0 Å². The molecule has 0 saturated carbocycles. The van der Waals surface area contributed by atoms with Gasteiger partial charge in [-0.1, -0.05) is 184 Å². The third kappa shape index (κ3) is 12.5. The molecule has 392 valence electrons. The van der Waals surface area contributed by atoms with Crippen LogP contribution < -0.4 is 9.80 Å². The Morgan fingerprint density at radius 3 is 1.75 bits per heavy atom.